The van der Waals surface area contributed by atoms with Crippen LogP contribution in [0.4, 0.5) is 11.4 Å². The van der Waals surface area contributed by atoms with Gasteiger partial charge in [0.15, 0.2) is 5.69 Å². The van der Waals surface area contributed by atoms with Gasteiger partial charge < -0.3 is 19.7 Å². The highest BCUT2D eigenvalue weighted by Gasteiger charge is 2.17. The minimum atomic E-state index is 0.0367. The number of anilines is 1. The van der Waals surface area contributed by atoms with Gasteiger partial charge >= 0.3 is 0 Å². The first kappa shape index (κ1) is 22.0. The lowest BCUT2D eigenvalue weighted by atomic mass is 10.1. The zero-order valence-corrected chi connectivity index (χ0v) is 19.9. The highest BCUT2D eigenvalue weighted by atomic mass is 79.9. The number of ether oxygens (including phenoxy) is 1. The summed E-state index contributed by atoms with van der Waals surface area (Å²) in [4.78, 5) is 0. The van der Waals surface area contributed by atoms with Crippen molar-refractivity contribution in [2.45, 2.75) is 13.5 Å². The number of azo groups is 1. The van der Waals surface area contributed by atoms with Crippen LogP contribution in [-0.2, 0) is 6.54 Å². The number of aromatic nitrogens is 1. The Hall–Kier alpha value is -3.23. The standard InChI is InChI=1S/C24H21BrN4O2S/c1-15-3-5-16(6-4-15)14-29-21-12-7-17(25)13-20(21)22(23(29)30)27-28-24(32)26-18-8-10-19(31-2)11-9-18/h3-13,30H,14H2,1-2H3,(H,26,32). The topological polar surface area (TPSA) is 71.1 Å². The molecular weight excluding hydrogens is 488 g/mol. The fourth-order valence-corrected chi connectivity index (χ4v) is 3.87. The quantitative estimate of drug-likeness (QED) is 0.226. The van der Waals surface area contributed by atoms with Crippen molar-refractivity contribution >= 4 is 55.5 Å². The van der Waals surface area contributed by atoms with Gasteiger partial charge in [-0.15, -0.1) is 10.2 Å². The third-order valence-electron chi connectivity index (χ3n) is 5.02. The van der Waals surface area contributed by atoms with Crippen molar-refractivity contribution in [3.63, 3.8) is 0 Å². The number of benzene rings is 3. The Morgan fingerprint density at radius 3 is 2.50 bits per heavy atom. The molecule has 32 heavy (non-hydrogen) atoms. The minimum absolute atomic E-state index is 0.0367. The summed E-state index contributed by atoms with van der Waals surface area (Å²) in [6.07, 6.45) is 0. The van der Waals surface area contributed by atoms with Gasteiger partial charge in [0.05, 0.1) is 19.2 Å². The number of nitrogens with zero attached hydrogens (tertiary/aromatic N) is 3. The third-order valence-corrected chi connectivity index (χ3v) is 5.69. The smallest absolute Gasteiger partial charge is 0.221 e. The molecule has 0 atom stereocenters. The second kappa shape index (κ2) is 9.50. The maximum Gasteiger partial charge on any atom is 0.221 e. The molecule has 6 nitrogen and oxygen atoms in total. The predicted octanol–water partition coefficient (Wildman–Crippen LogP) is 6.96. The Kier molecular flexibility index (Phi) is 6.53. The van der Waals surface area contributed by atoms with Gasteiger partial charge in [0.1, 0.15) is 5.75 Å². The van der Waals surface area contributed by atoms with E-state index >= 15 is 0 Å². The van der Waals surface area contributed by atoms with E-state index in [1.807, 2.05) is 54.0 Å². The molecule has 0 aliphatic rings. The largest absolute Gasteiger partial charge is 0.497 e. The van der Waals surface area contributed by atoms with E-state index in [0.717, 1.165) is 32.4 Å². The lowest BCUT2D eigenvalue weighted by Crippen LogP contribution is -2.04. The van der Waals surface area contributed by atoms with Crippen LogP contribution in [0, 0.1) is 6.92 Å². The Morgan fingerprint density at radius 1 is 1.09 bits per heavy atom. The first-order valence-electron chi connectivity index (χ1n) is 9.87. The van der Waals surface area contributed by atoms with Gasteiger partial charge in [-0.05, 0) is 67.2 Å². The van der Waals surface area contributed by atoms with Gasteiger partial charge in [-0.3, -0.25) is 0 Å². The Bertz CT molecular complexity index is 1300. The van der Waals surface area contributed by atoms with E-state index in [9.17, 15) is 5.11 Å². The Labute approximate surface area is 199 Å². The van der Waals surface area contributed by atoms with Crippen molar-refractivity contribution in [3.05, 3.63) is 82.3 Å². The Balaban J connectivity index is 1.63. The molecule has 0 fully saturated rings. The second-order valence-electron chi connectivity index (χ2n) is 7.26. The van der Waals surface area contributed by atoms with Crippen molar-refractivity contribution in [3.8, 4) is 11.6 Å². The minimum Gasteiger partial charge on any atom is -0.497 e. The SMILES string of the molecule is COc1ccc(NC(=S)N=Nc2c(O)n(Cc3ccc(C)cc3)c3ccc(Br)cc23)cc1. The predicted molar refractivity (Wildman–Crippen MR) is 135 cm³/mol. The van der Waals surface area contributed by atoms with E-state index in [1.54, 1.807) is 7.11 Å². The molecule has 0 aliphatic heterocycles. The van der Waals surface area contributed by atoms with E-state index < -0.39 is 0 Å². The van der Waals surface area contributed by atoms with Crippen LogP contribution >= 0.6 is 28.1 Å². The first-order valence-corrected chi connectivity index (χ1v) is 11.1. The molecule has 4 rings (SSSR count). The summed E-state index contributed by atoms with van der Waals surface area (Å²) in [5.74, 6) is 0.787. The summed E-state index contributed by atoms with van der Waals surface area (Å²) in [7, 11) is 1.61. The summed E-state index contributed by atoms with van der Waals surface area (Å²) in [5.41, 5.74) is 4.25. The van der Waals surface area contributed by atoms with Crippen LogP contribution in [-0.4, -0.2) is 21.9 Å². The molecule has 0 saturated carbocycles. The lowest BCUT2D eigenvalue weighted by molar-refractivity contribution is 0.415. The van der Waals surface area contributed by atoms with Crippen molar-refractivity contribution < 1.29 is 9.84 Å². The summed E-state index contributed by atoms with van der Waals surface area (Å²) in [5, 5.41) is 23.4. The highest BCUT2D eigenvalue weighted by Crippen LogP contribution is 2.40. The van der Waals surface area contributed by atoms with Crippen molar-refractivity contribution in [2.75, 3.05) is 12.4 Å². The molecular formula is C24H21BrN4O2S. The van der Waals surface area contributed by atoms with Crippen LogP contribution in [0.5, 0.6) is 11.6 Å². The molecule has 4 aromatic rings. The lowest BCUT2D eigenvalue weighted by Gasteiger charge is -2.07. The molecule has 0 spiro atoms. The normalized spacial score (nSPS) is 11.2. The Morgan fingerprint density at radius 2 is 1.81 bits per heavy atom. The molecule has 162 valence electrons. The van der Waals surface area contributed by atoms with Crippen molar-refractivity contribution in [2.24, 2.45) is 10.2 Å². The summed E-state index contributed by atoms with van der Waals surface area (Å²) in [6, 6.07) is 21.3. The van der Waals surface area contributed by atoms with Gasteiger partial charge in [0, 0.05) is 15.5 Å². The summed E-state index contributed by atoms with van der Waals surface area (Å²) < 4.78 is 7.86. The number of halogens is 1. The fraction of sp³-hybridized carbons (Fsp3) is 0.125. The number of hydrogen-bond acceptors (Lipinski definition) is 4. The molecule has 1 heterocycles. The number of nitrogens with one attached hydrogen (secondary N) is 1. The molecule has 0 bridgehead atoms. The number of aryl methyl sites for hydroxylation is 1. The van der Waals surface area contributed by atoms with Crippen LogP contribution in [0.1, 0.15) is 11.1 Å². The molecule has 1 aromatic heterocycles. The van der Waals surface area contributed by atoms with Crippen molar-refractivity contribution in [1.82, 2.24) is 4.57 Å². The number of fused-ring (bicyclic) bond motifs is 1. The molecule has 8 heteroatoms. The second-order valence-corrected chi connectivity index (χ2v) is 8.57. The number of hydrogen-bond donors (Lipinski definition) is 2. The maximum atomic E-state index is 11.0. The average molecular weight is 509 g/mol. The number of methoxy groups -OCH3 is 1. The average Bonchev–Trinajstić information content (AvgIpc) is 3.04. The van der Waals surface area contributed by atoms with E-state index in [1.165, 1.54) is 5.56 Å². The van der Waals surface area contributed by atoms with Crippen molar-refractivity contribution in [1.29, 1.82) is 0 Å². The molecule has 0 saturated heterocycles. The third kappa shape index (κ3) is 4.81. The van der Waals surface area contributed by atoms with Gasteiger partial charge in [0.25, 0.3) is 0 Å². The number of thiocarbonyl (C=S) groups is 1. The molecule has 0 aliphatic carbocycles. The fourth-order valence-electron chi connectivity index (χ4n) is 3.35. The van der Waals surface area contributed by atoms with Crippen LogP contribution < -0.4 is 10.1 Å². The van der Waals surface area contributed by atoms with E-state index in [0.29, 0.717) is 12.2 Å². The number of aromatic hydroxyl groups is 1. The molecule has 2 N–H and O–H groups in total. The van der Waals surface area contributed by atoms with Crippen LogP contribution in [0.25, 0.3) is 10.9 Å². The molecule has 0 unspecified atom stereocenters. The molecule has 0 amide bonds. The molecule has 0 radical (unpaired) electrons. The van der Waals surface area contributed by atoms with Crippen LogP contribution in [0.2, 0.25) is 0 Å². The zero-order chi connectivity index (χ0) is 22.7. The van der Waals surface area contributed by atoms with E-state index in [4.69, 9.17) is 17.0 Å². The van der Waals surface area contributed by atoms with Gasteiger partial charge in [-0.1, -0.05) is 45.8 Å². The maximum absolute atomic E-state index is 11.0. The highest BCUT2D eigenvalue weighted by molar-refractivity contribution is 9.10. The van der Waals surface area contributed by atoms with Crippen LogP contribution in [0.3, 0.4) is 0 Å². The van der Waals surface area contributed by atoms with Crippen LogP contribution in [0.15, 0.2) is 81.4 Å². The first-order chi connectivity index (χ1) is 15.4. The zero-order valence-electron chi connectivity index (χ0n) is 17.5. The monoisotopic (exact) mass is 508 g/mol. The van der Waals surface area contributed by atoms with E-state index in [2.05, 4.69) is 55.7 Å². The van der Waals surface area contributed by atoms with Gasteiger partial charge in [0.2, 0.25) is 11.0 Å². The summed E-state index contributed by atoms with van der Waals surface area (Å²) in [6.45, 7) is 2.56. The summed E-state index contributed by atoms with van der Waals surface area (Å²) >= 11 is 8.81. The van der Waals surface area contributed by atoms with E-state index in [-0.39, 0.29) is 11.0 Å². The van der Waals surface area contributed by atoms with Gasteiger partial charge in [-0.2, -0.15) is 0 Å². The number of rotatable bonds is 5. The molecule has 3 aromatic carbocycles. The van der Waals surface area contributed by atoms with Gasteiger partial charge in [-0.25, -0.2) is 0 Å².